The molecule has 0 spiro atoms. The third-order valence-electron chi connectivity index (χ3n) is 1.48. The van der Waals surface area contributed by atoms with Crippen molar-refractivity contribution in [3.8, 4) is 0 Å². The van der Waals surface area contributed by atoms with Crippen LogP contribution in [0, 0.1) is 5.82 Å². The van der Waals surface area contributed by atoms with E-state index in [9.17, 15) is 4.39 Å². The molecule has 0 aliphatic heterocycles. The van der Waals surface area contributed by atoms with E-state index >= 15 is 0 Å². The first-order chi connectivity index (χ1) is 5.54. The summed E-state index contributed by atoms with van der Waals surface area (Å²) in [5.41, 5.74) is 0.558. The Kier molecular flexibility index (Phi) is 3.56. The molecule has 1 atom stereocenters. The van der Waals surface area contributed by atoms with Crippen LogP contribution >= 0.6 is 43.5 Å². The van der Waals surface area contributed by atoms with Gasteiger partial charge in [0.05, 0.1) is 5.02 Å². The van der Waals surface area contributed by atoms with Gasteiger partial charge in [-0.15, -0.1) is 0 Å². The van der Waals surface area contributed by atoms with Crippen LogP contribution in [-0.4, -0.2) is 0 Å². The Morgan fingerprint density at radius 2 is 2.08 bits per heavy atom. The third-order valence-corrected chi connectivity index (χ3v) is 2.92. The summed E-state index contributed by atoms with van der Waals surface area (Å²) in [6.07, 6.45) is 0. The molecule has 0 nitrogen and oxygen atoms in total. The lowest BCUT2D eigenvalue weighted by Gasteiger charge is -2.08. The molecule has 1 rings (SSSR count). The summed E-state index contributed by atoms with van der Waals surface area (Å²) in [5, 5.41) is 0.152. The van der Waals surface area contributed by atoms with Gasteiger partial charge in [-0.1, -0.05) is 43.5 Å². The predicted octanol–water partition coefficient (Wildman–Crippen LogP) is 4.70. The van der Waals surface area contributed by atoms with Crippen molar-refractivity contribution in [3.63, 3.8) is 0 Å². The fraction of sp³-hybridized carbons (Fsp3) is 0.250. The van der Waals surface area contributed by atoms with E-state index in [0.29, 0.717) is 5.56 Å². The third kappa shape index (κ3) is 2.01. The molecule has 0 aliphatic rings. The van der Waals surface area contributed by atoms with Crippen molar-refractivity contribution in [1.29, 1.82) is 0 Å². The number of halogens is 4. The van der Waals surface area contributed by atoms with Crippen LogP contribution < -0.4 is 0 Å². The highest BCUT2D eigenvalue weighted by Gasteiger charge is 2.14. The van der Waals surface area contributed by atoms with Gasteiger partial charge >= 0.3 is 0 Å². The van der Waals surface area contributed by atoms with Crippen molar-refractivity contribution in [2.45, 2.75) is 11.8 Å². The highest BCUT2D eigenvalue weighted by molar-refractivity contribution is 9.11. The Hall–Kier alpha value is 0.400. The molecule has 1 aromatic rings. The Morgan fingerprint density at radius 3 is 2.50 bits per heavy atom. The molecule has 0 radical (unpaired) electrons. The molecule has 0 heterocycles. The van der Waals surface area contributed by atoms with Crippen molar-refractivity contribution in [2.75, 3.05) is 0 Å². The molecule has 0 fully saturated rings. The Balaban J connectivity index is 3.33. The Bertz CT molecular complexity index is 299. The molecule has 0 aromatic heterocycles. The molecule has 1 unspecified atom stereocenters. The number of rotatable bonds is 1. The zero-order valence-electron chi connectivity index (χ0n) is 6.24. The first-order valence-corrected chi connectivity index (χ1v) is 5.40. The molecule has 0 saturated carbocycles. The van der Waals surface area contributed by atoms with Gasteiger partial charge in [0.2, 0.25) is 0 Å². The van der Waals surface area contributed by atoms with Crippen LogP contribution in [0.3, 0.4) is 0 Å². The van der Waals surface area contributed by atoms with Crippen molar-refractivity contribution in [1.82, 2.24) is 0 Å². The molecule has 1 aromatic carbocycles. The van der Waals surface area contributed by atoms with Gasteiger partial charge in [0, 0.05) is 14.9 Å². The Morgan fingerprint density at radius 1 is 1.50 bits per heavy atom. The number of alkyl halides is 1. The summed E-state index contributed by atoms with van der Waals surface area (Å²) in [6.45, 7) is 1.85. The summed E-state index contributed by atoms with van der Waals surface area (Å²) in [6, 6.07) is 3.26. The summed E-state index contributed by atoms with van der Waals surface area (Å²) >= 11 is 12.2. The van der Waals surface area contributed by atoms with Gasteiger partial charge in [0.15, 0.2) is 0 Å². The van der Waals surface area contributed by atoms with Crippen LogP contribution in [-0.2, 0) is 0 Å². The first-order valence-electron chi connectivity index (χ1n) is 3.31. The lowest BCUT2D eigenvalue weighted by molar-refractivity contribution is 0.611. The van der Waals surface area contributed by atoms with Crippen molar-refractivity contribution in [2.24, 2.45) is 0 Å². The zero-order valence-corrected chi connectivity index (χ0v) is 10.2. The van der Waals surface area contributed by atoms with Gasteiger partial charge < -0.3 is 0 Å². The van der Waals surface area contributed by atoms with E-state index in [-0.39, 0.29) is 15.7 Å². The van der Waals surface area contributed by atoms with E-state index in [4.69, 9.17) is 11.6 Å². The fourth-order valence-corrected chi connectivity index (χ4v) is 2.48. The fourth-order valence-electron chi connectivity index (χ4n) is 0.907. The van der Waals surface area contributed by atoms with Crippen LogP contribution in [0.25, 0.3) is 0 Å². The predicted molar refractivity (Wildman–Crippen MR) is 56.5 cm³/mol. The molecule has 4 heteroatoms. The van der Waals surface area contributed by atoms with Crippen molar-refractivity contribution in [3.05, 3.63) is 33.0 Å². The van der Waals surface area contributed by atoms with Gasteiger partial charge in [-0.25, -0.2) is 4.39 Å². The molecule has 0 saturated heterocycles. The van der Waals surface area contributed by atoms with Crippen LogP contribution in [0.2, 0.25) is 5.02 Å². The SMILES string of the molecule is CC(Br)c1c(Br)ccc(Cl)c1F. The molecular formula is C8H6Br2ClF. The molecule has 0 bridgehead atoms. The Labute approximate surface area is 92.4 Å². The molecule has 12 heavy (non-hydrogen) atoms. The normalized spacial score (nSPS) is 13.1. The standard InChI is InChI=1S/C8H6Br2ClF/c1-4(9)7-5(10)2-3-6(11)8(7)12/h2-4H,1H3. The maximum absolute atomic E-state index is 13.3. The number of hydrogen-bond acceptors (Lipinski definition) is 0. The lowest BCUT2D eigenvalue weighted by atomic mass is 10.1. The van der Waals surface area contributed by atoms with Crippen molar-refractivity contribution < 1.29 is 4.39 Å². The van der Waals surface area contributed by atoms with E-state index in [2.05, 4.69) is 31.9 Å². The van der Waals surface area contributed by atoms with Crippen LogP contribution in [0.15, 0.2) is 16.6 Å². The highest BCUT2D eigenvalue weighted by Crippen LogP contribution is 2.34. The van der Waals surface area contributed by atoms with Gasteiger partial charge in [0.1, 0.15) is 5.82 Å². The van der Waals surface area contributed by atoms with E-state index in [1.54, 1.807) is 6.07 Å². The zero-order chi connectivity index (χ0) is 9.30. The summed E-state index contributed by atoms with van der Waals surface area (Å²) < 4.78 is 14.1. The van der Waals surface area contributed by atoms with Crippen LogP contribution in [0.1, 0.15) is 17.3 Å². The van der Waals surface area contributed by atoms with Crippen LogP contribution in [0.4, 0.5) is 4.39 Å². The molecule has 66 valence electrons. The summed E-state index contributed by atoms with van der Waals surface area (Å²) in [5.74, 6) is -0.365. The molecule has 0 aliphatic carbocycles. The monoisotopic (exact) mass is 314 g/mol. The topological polar surface area (TPSA) is 0 Å². The molecule has 0 N–H and O–H groups in total. The smallest absolute Gasteiger partial charge is 0.147 e. The second-order valence-electron chi connectivity index (χ2n) is 2.37. The summed E-state index contributed by atoms with van der Waals surface area (Å²) in [7, 11) is 0. The maximum Gasteiger partial charge on any atom is 0.147 e. The second-order valence-corrected chi connectivity index (χ2v) is 5.01. The number of benzene rings is 1. The highest BCUT2D eigenvalue weighted by atomic mass is 79.9. The average molecular weight is 316 g/mol. The van der Waals surface area contributed by atoms with Crippen molar-refractivity contribution >= 4 is 43.5 Å². The van der Waals surface area contributed by atoms with E-state index in [0.717, 1.165) is 4.47 Å². The minimum absolute atomic E-state index is 0.0504. The van der Waals surface area contributed by atoms with E-state index < -0.39 is 0 Å². The minimum atomic E-state index is -0.365. The van der Waals surface area contributed by atoms with Gasteiger partial charge in [-0.2, -0.15) is 0 Å². The van der Waals surface area contributed by atoms with E-state index in [1.807, 2.05) is 6.92 Å². The molecular weight excluding hydrogens is 310 g/mol. The second kappa shape index (κ2) is 4.07. The first kappa shape index (κ1) is 10.5. The lowest BCUT2D eigenvalue weighted by Crippen LogP contribution is -1.92. The summed E-state index contributed by atoms with van der Waals surface area (Å²) in [4.78, 5) is -0.0504. The number of hydrogen-bond donors (Lipinski definition) is 0. The largest absolute Gasteiger partial charge is 0.205 e. The average Bonchev–Trinajstić information content (AvgIpc) is 1.97. The quantitative estimate of drug-likeness (QED) is 0.520. The molecule has 0 amide bonds. The van der Waals surface area contributed by atoms with Gasteiger partial charge in [-0.3, -0.25) is 0 Å². The van der Waals surface area contributed by atoms with E-state index in [1.165, 1.54) is 6.07 Å². The van der Waals surface area contributed by atoms with Crippen LogP contribution in [0.5, 0.6) is 0 Å². The minimum Gasteiger partial charge on any atom is -0.205 e. The van der Waals surface area contributed by atoms with Gasteiger partial charge in [-0.05, 0) is 19.1 Å². The van der Waals surface area contributed by atoms with Gasteiger partial charge in [0.25, 0.3) is 0 Å². The maximum atomic E-state index is 13.3.